The highest BCUT2D eigenvalue weighted by atomic mass is 19.1. The smallest absolute Gasteiger partial charge is 0.225 e. The number of hydrogen-bond acceptors (Lipinski definition) is 4. The van der Waals surface area contributed by atoms with Gasteiger partial charge in [-0.05, 0) is 24.3 Å². The third kappa shape index (κ3) is 5.41. The van der Waals surface area contributed by atoms with Gasteiger partial charge in [0, 0.05) is 51.4 Å². The number of nitrogens with one attached hydrogen (secondary N) is 1. The Balaban J connectivity index is 1.66. The molecule has 0 aliphatic carbocycles. The van der Waals surface area contributed by atoms with Crippen molar-refractivity contribution in [1.29, 1.82) is 0 Å². The van der Waals surface area contributed by atoms with E-state index in [0.29, 0.717) is 12.1 Å². The second-order valence-corrected chi connectivity index (χ2v) is 5.21. The summed E-state index contributed by atoms with van der Waals surface area (Å²) in [6, 6.07) is 5.77. The van der Waals surface area contributed by atoms with E-state index in [1.54, 1.807) is 12.1 Å². The zero-order chi connectivity index (χ0) is 15.1. The molecule has 0 saturated carbocycles. The molecule has 2 rings (SSSR count). The Bertz CT molecular complexity index is 445. The van der Waals surface area contributed by atoms with Crippen molar-refractivity contribution in [1.82, 2.24) is 9.80 Å². The highest BCUT2D eigenvalue weighted by molar-refractivity contribution is 5.90. The number of β-amino-alcohol motifs (C(OH)–C–C–N with tert-alkyl or cyclic N) is 1. The van der Waals surface area contributed by atoms with Crippen LogP contribution in [0.15, 0.2) is 24.3 Å². The molecule has 1 saturated heterocycles. The average molecular weight is 295 g/mol. The predicted molar refractivity (Wildman–Crippen MR) is 79.6 cm³/mol. The number of benzene rings is 1. The first-order chi connectivity index (χ1) is 10.2. The van der Waals surface area contributed by atoms with Crippen molar-refractivity contribution < 1.29 is 14.3 Å². The highest BCUT2D eigenvalue weighted by Crippen LogP contribution is 2.09. The minimum atomic E-state index is -0.311. The first-order valence-electron chi connectivity index (χ1n) is 7.28. The summed E-state index contributed by atoms with van der Waals surface area (Å²) in [6.07, 6.45) is 0.428. The van der Waals surface area contributed by atoms with Gasteiger partial charge in [-0.15, -0.1) is 0 Å². The van der Waals surface area contributed by atoms with Crippen LogP contribution < -0.4 is 5.32 Å². The van der Waals surface area contributed by atoms with E-state index in [1.807, 2.05) is 0 Å². The highest BCUT2D eigenvalue weighted by Gasteiger charge is 2.16. The molecule has 0 unspecified atom stereocenters. The zero-order valence-corrected chi connectivity index (χ0v) is 12.1. The Labute approximate surface area is 124 Å². The van der Waals surface area contributed by atoms with E-state index in [1.165, 1.54) is 12.1 Å². The molecule has 1 heterocycles. The number of rotatable bonds is 6. The molecule has 1 aromatic carbocycles. The van der Waals surface area contributed by atoms with E-state index in [4.69, 9.17) is 5.11 Å². The molecule has 1 aromatic rings. The minimum Gasteiger partial charge on any atom is -0.395 e. The number of amides is 1. The van der Waals surface area contributed by atoms with Gasteiger partial charge in [-0.2, -0.15) is 0 Å². The third-order valence-electron chi connectivity index (χ3n) is 3.66. The molecule has 0 bridgehead atoms. The largest absolute Gasteiger partial charge is 0.395 e. The van der Waals surface area contributed by atoms with Crippen molar-refractivity contribution in [3.05, 3.63) is 30.1 Å². The summed E-state index contributed by atoms with van der Waals surface area (Å²) >= 11 is 0. The fraction of sp³-hybridized carbons (Fsp3) is 0.533. The summed E-state index contributed by atoms with van der Waals surface area (Å²) in [5.74, 6) is -0.367. The van der Waals surface area contributed by atoms with Gasteiger partial charge in [-0.25, -0.2) is 4.39 Å². The van der Waals surface area contributed by atoms with Gasteiger partial charge in [-0.1, -0.05) is 0 Å². The number of halogens is 1. The van der Waals surface area contributed by atoms with E-state index in [9.17, 15) is 9.18 Å². The van der Waals surface area contributed by atoms with Crippen LogP contribution in [0, 0.1) is 5.82 Å². The quantitative estimate of drug-likeness (QED) is 0.814. The molecular formula is C15H22FN3O2. The maximum Gasteiger partial charge on any atom is 0.225 e. The molecule has 6 heteroatoms. The predicted octanol–water partition coefficient (Wildman–Crippen LogP) is 0.764. The zero-order valence-electron chi connectivity index (χ0n) is 12.1. The van der Waals surface area contributed by atoms with Gasteiger partial charge in [0.2, 0.25) is 5.91 Å². The molecule has 0 spiro atoms. The van der Waals surface area contributed by atoms with Crippen LogP contribution in [-0.4, -0.2) is 66.7 Å². The normalized spacial score (nSPS) is 16.9. The lowest BCUT2D eigenvalue weighted by atomic mass is 10.2. The van der Waals surface area contributed by atoms with E-state index >= 15 is 0 Å². The summed E-state index contributed by atoms with van der Waals surface area (Å²) in [4.78, 5) is 16.3. The molecule has 0 radical (unpaired) electrons. The van der Waals surface area contributed by atoms with Crippen molar-refractivity contribution in [2.45, 2.75) is 6.42 Å². The number of carbonyl (C=O) groups is 1. The van der Waals surface area contributed by atoms with Gasteiger partial charge < -0.3 is 15.3 Å². The molecule has 1 aliphatic rings. The lowest BCUT2D eigenvalue weighted by Gasteiger charge is -2.34. The van der Waals surface area contributed by atoms with E-state index < -0.39 is 0 Å². The fourth-order valence-electron chi connectivity index (χ4n) is 2.39. The molecule has 1 amide bonds. The Morgan fingerprint density at radius 2 is 1.67 bits per heavy atom. The van der Waals surface area contributed by atoms with Crippen LogP contribution in [0.25, 0.3) is 0 Å². The van der Waals surface area contributed by atoms with Crippen LogP contribution in [0.2, 0.25) is 0 Å². The molecule has 116 valence electrons. The topological polar surface area (TPSA) is 55.8 Å². The van der Waals surface area contributed by atoms with Crippen LogP contribution in [0.4, 0.5) is 10.1 Å². The third-order valence-corrected chi connectivity index (χ3v) is 3.66. The summed E-state index contributed by atoms with van der Waals surface area (Å²) < 4.78 is 12.8. The van der Waals surface area contributed by atoms with Gasteiger partial charge in [0.1, 0.15) is 5.82 Å². The Morgan fingerprint density at radius 3 is 2.24 bits per heavy atom. The molecule has 2 N–H and O–H groups in total. The molecule has 1 fully saturated rings. The second-order valence-electron chi connectivity index (χ2n) is 5.21. The number of nitrogens with zero attached hydrogens (tertiary/aromatic N) is 2. The molecule has 0 aromatic heterocycles. The molecule has 5 nitrogen and oxygen atoms in total. The Morgan fingerprint density at radius 1 is 1.10 bits per heavy atom. The van der Waals surface area contributed by atoms with Gasteiger partial charge in [0.25, 0.3) is 0 Å². The number of aliphatic hydroxyl groups excluding tert-OH is 1. The molecule has 0 atom stereocenters. The Hall–Kier alpha value is -1.50. The number of aliphatic hydroxyl groups is 1. The lowest BCUT2D eigenvalue weighted by Crippen LogP contribution is -2.47. The van der Waals surface area contributed by atoms with E-state index in [-0.39, 0.29) is 18.3 Å². The maximum absolute atomic E-state index is 12.8. The van der Waals surface area contributed by atoms with Crippen molar-refractivity contribution in [3.8, 4) is 0 Å². The molecule has 1 aliphatic heterocycles. The lowest BCUT2D eigenvalue weighted by molar-refractivity contribution is -0.116. The van der Waals surface area contributed by atoms with Crippen molar-refractivity contribution in [2.75, 3.05) is 51.2 Å². The Kier molecular flexibility index (Phi) is 6.10. The van der Waals surface area contributed by atoms with Crippen molar-refractivity contribution >= 4 is 11.6 Å². The van der Waals surface area contributed by atoms with Crippen LogP contribution in [-0.2, 0) is 4.79 Å². The summed E-state index contributed by atoms with van der Waals surface area (Å²) in [7, 11) is 0. The number of anilines is 1. The molecule has 21 heavy (non-hydrogen) atoms. The van der Waals surface area contributed by atoms with Crippen molar-refractivity contribution in [2.24, 2.45) is 0 Å². The van der Waals surface area contributed by atoms with Gasteiger partial charge in [-0.3, -0.25) is 9.69 Å². The van der Waals surface area contributed by atoms with E-state index in [0.717, 1.165) is 39.3 Å². The van der Waals surface area contributed by atoms with Crippen LogP contribution >= 0.6 is 0 Å². The summed E-state index contributed by atoms with van der Waals surface area (Å²) in [5.41, 5.74) is 0.620. The second kappa shape index (κ2) is 8.07. The van der Waals surface area contributed by atoms with Gasteiger partial charge in [0.05, 0.1) is 6.61 Å². The van der Waals surface area contributed by atoms with E-state index in [2.05, 4.69) is 15.1 Å². The van der Waals surface area contributed by atoms with Gasteiger partial charge >= 0.3 is 0 Å². The molecular weight excluding hydrogens is 273 g/mol. The number of hydrogen-bond donors (Lipinski definition) is 2. The standard InChI is InChI=1S/C15H22FN3O2/c16-13-1-3-14(4-2-13)17-15(21)5-6-18-7-9-19(10-8-18)11-12-20/h1-4,20H,5-12H2,(H,17,21). The van der Waals surface area contributed by atoms with Crippen LogP contribution in [0.1, 0.15) is 6.42 Å². The van der Waals surface area contributed by atoms with Crippen molar-refractivity contribution in [3.63, 3.8) is 0 Å². The maximum atomic E-state index is 12.8. The average Bonchev–Trinajstić information content (AvgIpc) is 2.49. The monoisotopic (exact) mass is 295 g/mol. The SMILES string of the molecule is O=C(CCN1CCN(CCO)CC1)Nc1ccc(F)cc1. The summed E-state index contributed by atoms with van der Waals surface area (Å²) in [5, 5.41) is 11.6. The number of piperazine rings is 1. The fourth-order valence-corrected chi connectivity index (χ4v) is 2.39. The van der Waals surface area contributed by atoms with Crippen LogP contribution in [0.3, 0.4) is 0 Å². The number of carbonyl (C=O) groups excluding carboxylic acids is 1. The summed E-state index contributed by atoms with van der Waals surface area (Å²) in [6.45, 7) is 5.34. The minimum absolute atomic E-state index is 0.0561. The van der Waals surface area contributed by atoms with Crippen LogP contribution in [0.5, 0.6) is 0 Å². The first kappa shape index (κ1) is 15.9. The first-order valence-corrected chi connectivity index (χ1v) is 7.28. The van der Waals surface area contributed by atoms with Gasteiger partial charge in [0.15, 0.2) is 0 Å².